The first kappa shape index (κ1) is 18.7. The lowest BCUT2D eigenvalue weighted by Gasteiger charge is -2.07. The Labute approximate surface area is 161 Å². The Morgan fingerprint density at radius 1 is 1.00 bits per heavy atom. The minimum Gasteiger partial charge on any atom is -0.484 e. The molecule has 6 nitrogen and oxygen atoms in total. The molecule has 1 heterocycles. The molecule has 1 N–H and O–H groups in total. The largest absolute Gasteiger partial charge is 0.484 e. The molecule has 2 aromatic carbocycles. The van der Waals surface area contributed by atoms with E-state index < -0.39 is 0 Å². The Morgan fingerprint density at radius 2 is 1.70 bits per heavy atom. The third-order valence-corrected chi connectivity index (χ3v) is 4.60. The van der Waals surface area contributed by atoms with Crippen LogP contribution >= 0.6 is 11.3 Å². The monoisotopic (exact) mass is 381 g/mol. The van der Waals surface area contributed by atoms with Crippen molar-refractivity contribution in [3.05, 3.63) is 70.7 Å². The van der Waals surface area contributed by atoms with Gasteiger partial charge in [0, 0.05) is 17.5 Å². The zero-order chi connectivity index (χ0) is 19.1. The number of nitrogens with one attached hydrogen (secondary N) is 1. The van der Waals surface area contributed by atoms with Gasteiger partial charge in [0.15, 0.2) is 12.4 Å². The van der Waals surface area contributed by atoms with Crippen molar-refractivity contribution in [3.8, 4) is 5.75 Å². The number of amides is 1. The average molecular weight is 381 g/mol. The highest BCUT2D eigenvalue weighted by molar-refractivity contribution is 7.15. The second-order valence-electron chi connectivity index (χ2n) is 5.81. The van der Waals surface area contributed by atoms with E-state index in [-0.39, 0.29) is 18.3 Å². The van der Waals surface area contributed by atoms with Crippen LogP contribution in [0.3, 0.4) is 0 Å². The molecule has 3 rings (SSSR count). The van der Waals surface area contributed by atoms with Gasteiger partial charge in [-0.2, -0.15) is 0 Å². The third-order valence-electron chi connectivity index (χ3n) is 3.70. The number of hydrogen-bond acceptors (Lipinski definition) is 6. The first-order valence-electron chi connectivity index (χ1n) is 8.60. The number of hydrogen-bond donors (Lipinski definition) is 1. The fourth-order valence-electron chi connectivity index (χ4n) is 2.38. The first-order valence-corrected chi connectivity index (χ1v) is 9.42. The van der Waals surface area contributed by atoms with Crippen LogP contribution in [0.1, 0.15) is 34.3 Å². The molecule has 138 valence electrons. The van der Waals surface area contributed by atoms with Crippen LogP contribution in [-0.4, -0.2) is 28.5 Å². The summed E-state index contributed by atoms with van der Waals surface area (Å²) in [5.41, 5.74) is 1.19. The van der Waals surface area contributed by atoms with E-state index in [1.807, 2.05) is 18.2 Å². The zero-order valence-corrected chi connectivity index (χ0v) is 15.7. The Bertz CT molecular complexity index is 908. The van der Waals surface area contributed by atoms with E-state index in [0.717, 1.165) is 17.8 Å². The van der Waals surface area contributed by atoms with Crippen molar-refractivity contribution in [2.75, 3.05) is 11.9 Å². The summed E-state index contributed by atoms with van der Waals surface area (Å²) < 4.78 is 5.47. The van der Waals surface area contributed by atoms with Crippen LogP contribution < -0.4 is 10.1 Å². The Kier molecular flexibility index (Phi) is 6.27. The van der Waals surface area contributed by atoms with Crippen molar-refractivity contribution in [3.63, 3.8) is 0 Å². The fraction of sp³-hybridized carbons (Fsp3) is 0.200. The SMILES string of the molecule is CCCc1nnc(NC(=O)COc2ccc(C(=O)c3ccccc3)cc2)s1. The van der Waals surface area contributed by atoms with Crippen LogP contribution in [0.15, 0.2) is 54.6 Å². The second kappa shape index (κ2) is 9.05. The minimum atomic E-state index is -0.307. The summed E-state index contributed by atoms with van der Waals surface area (Å²) in [6.07, 6.45) is 1.83. The highest BCUT2D eigenvalue weighted by atomic mass is 32.1. The smallest absolute Gasteiger partial charge is 0.264 e. The molecule has 0 spiro atoms. The summed E-state index contributed by atoms with van der Waals surface area (Å²) in [6, 6.07) is 15.8. The summed E-state index contributed by atoms with van der Waals surface area (Å²) in [7, 11) is 0. The van der Waals surface area contributed by atoms with E-state index in [9.17, 15) is 9.59 Å². The fourth-order valence-corrected chi connectivity index (χ4v) is 3.24. The number of carbonyl (C=O) groups is 2. The molecule has 3 aromatic rings. The van der Waals surface area contributed by atoms with E-state index in [2.05, 4.69) is 22.4 Å². The standard InChI is InChI=1S/C20H19N3O3S/c1-2-6-18-22-23-20(27-18)21-17(24)13-26-16-11-9-15(10-12-16)19(25)14-7-4-3-5-8-14/h3-5,7-12H,2,6,13H2,1H3,(H,21,23,24). The maximum atomic E-state index is 12.4. The third kappa shape index (κ3) is 5.21. The van der Waals surface area contributed by atoms with Gasteiger partial charge in [-0.05, 0) is 30.7 Å². The predicted octanol–water partition coefficient (Wildman–Crippen LogP) is 3.74. The molecule has 1 amide bonds. The molecular formula is C20H19N3O3S. The van der Waals surface area contributed by atoms with E-state index in [0.29, 0.717) is 22.0 Å². The number of ether oxygens (including phenoxy) is 1. The molecule has 1 aromatic heterocycles. The second-order valence-corrected chi connectivity index (χ2v) is 6.87. The van der Waals surface area contributed by atoms with Gasteiger partial charge in [0.25, 0.3) is 5.91 Å². The van der Waals surface area contributed by atoms with Gasteiger partial charge in [-0.15, -0.1) is 10.2 Å². The molecule has 7 heteroatoms. The molecule has 0 fully saturated rings. The maximum absolute atomic E-state index is 12.4. The van der Waals surface area contributed by atoms with Gasteiger partial charge in [-0.1, -0.05) is 48.6 Å². The molecular weight excluding hydrogens is 362 g/mol. The molecule has 0 bridgehead atoms. The maximum Gasteiger partial charge on any atom is 0.264 e. The lowest BCUT2D eigenvalue weighted by Crippen LogP contribution is -2.20. The number of aromatic nitrogens is 2. The molecule has 0 saturated heterocycles. The molecule has 0 aliphatic carbocycles. The molecule has 0 saturated carbocycles. The summed E-state index contributed by atoms with van der Waals surface area (Å²) >= 11 is 1.36. The van der Waals surface area contributed by atoms with E-state index in [1.165, 1.54) is 11.3 Å². The topological polar surface area (TPSA) is 81.2 Å². The van der Waals surface area contributed by atoms with Crippen LogP contribution in [-0.2, 0) is 11.2 Å². The molecule has 0 aliphatic rings. The summed E-state index contributed by atoms with van der Waals surface area (Å²) in [4.78, 5) is 24.3. The lowest BCUT2D eigenvalue weighted by atomic mass is 10.0. The zero-order valence-electron chi connectivity index (χ0n) is 14.8. The van der Waals surface area contributed by atoms with Crippen LogP contribution in [0.25, 0.3) is 0 Å². The van der Waals surface area contributed by atoms with Crippen LogP contribution in [0, 0.1) is 0 Å². The minimum absolute atomic E-state index is 0.0564. The van der Waals surface area contributed by atoms with Crippen molar-refractivity contribution in [1.82, 2.24) is 10.2 Å². The Morgan fingerprint density at radius 3 is 2.41 bits per heavy atom. The van der Waals surface area contributed by atoms with Crippen molar-refractivity contribution >= 4 is 28.2 Å². The average Bonchev–Trinajstić information content (AvgIpc) is 3.14. The highest BCUT2D eigenvalue weighted by Gasteiger charge is 2.10. The first-order chi connectivity index (χ1) is 13.2. The normalized spacial score (nSPS) is 10.4. The highest BCUT2D eigenvalue weighted by Crippen LogP contribution is 2.17. The van der Waals surface area contributed by atoms with Crippen molar-refractivity contribution in [2.45, 2.75) is 19.8 Å². The van der Waals surface area contributed by atoms with Gasteiger partial charge in [0.05, 0.1) is 0 Å². The molecule has 27 heavy (non-hydrogen) atoms. The van der Waals surface area contributed by atoms with Gasteiger partial charge >= 0.3 is 0 Å². The summed E-state index contributed by atoms with van der Waals surface area (Å²) in [5, 5.41) is 12.0. The lowest BCUT2D eigenvalue weighted by molar-refractivity contribution is -0.118. The van der Waals surface area contributed by atoms with Crippen molar-refractivity contribution < 1.29 is 14.3 Å². The predicted molar refractivity (Wildman–Crippen MR) is 104 cm³/mol. The van der Waals surface area contributed by atoms with Gasteiger partial charge < -0.3 is 4.74 Å². The number of aryl methyl sites for hydroxylation is 1. The van der Waals surface area contributed by atoms with Gasteiger partial charge in [0.1, 0.15) is 10.8 Å². The number of ketones is 1. The van der Waals surface area contributed by atoms with Crippen LogP contribution in [0.2, 0.25) is 0 Å². The van der Waals surface area contributed by atoms with Crippen molar-refractivity contribution in [1.29, 1.82) is 0 Å². The van der Waals surface area contributed by atoms with Gasteiger partial charge in [-0.3, -0.25) is 14.9 Å². The number of nitrogens with zero attached hydrogens (tertiary/aromatic N) is 2. The number of carbonyl (C=O) groups excluding carboxylic acids is 2. The Balaban J connectivity index is 1.52. The van der Waals surface area contributed by atoms with Crippen LogP contribution in [0.4, 0.5) is 5.13 Å². The van der Waals surface area contributed by atoms with Crippen molar-refractivity contribution in [2.24, 2.45) is 0 Å². The molecule has 0 aliphatic heterocycles. The summed E-state index contributed by atoms with van der Waals surface area (Å²) in [6.45, 7) is 1.92. The van der Waals surface area contributed by atoms with Gasteiger partial charge in [-0.25, -0.2) is 0 Å². The Hall–Kier alpha value is -3.06. The van der Waals surface area contributed by atoms with E-state index in [1.54, 1.807) is 36.4 Å². The van der Waals surface area contributed by atoms with E-state index in [4.69, 9.17) is 4.74 Å². The number of benzene rings is 2. The molecule has 0 unspecified atom stereocenters. The van der Waals surface area contributed by atoms with E-state index >= 15 is 0 Å². The summed E-state index contributed by atoms with van der Waals surface area (Å²) in [5.74, 6) is 0.149. The van der Waals surface area contributed by atoms with Crippen LogP contribution in [0.5, 0.6) is 5.75 Å². The number of rotatable bonds is 8. The quantitative estimate of drug-likeness (QED) is 0.601. The van der Waals surface area contributed by atoms with Gasteiger partial charge in [0.2, 0.25) is 5.13 Å². The molecule has 0 atom stereocenters. The molecule has 0 radical (unpaired) electrons. The number of anilines is 1.